The third-order valence-corrected chi connectivity index (χ3v) is 3.30. The lowest BCUT2D eigenvalue weighted by molar-refractivity contribution is 1.18. The van der Waals surface area contributed by atoms with Gasteiger partial charge in [-0.25, -0.2) is 0 Å². The quantitative estimate of drug-likeness (QED) is 0.303. The van der Waals surface area contributed by atoms with Crippen LogP contribution in [0.15, 0.2) is 69.9 Å². The second kappa shape index (κ2) is 6.22. The van der Waals surface area contributed by atoms with Crippen LogP contribution in [-0.2, 0) is 0 Å². The summed E-state index contributed by atoms with van der Waals surface area (Å²) in [6.07, 6.45) is 0. The Kier molecular flexibility index (Phi) is 3.96. The molecule has 1 aromatic heterocycles. The van der Waals surface area contributed by atoms with Gasteiger partial charge in [-0.2, -0.15) is 5.10 Å². The molecule has 0 aliphatic carbocycles. The SMILES string of the molecule is CC(N=Nc1cc2ccccc2[nH]1)=NNc1ccccc1C. The zero-order chi connectivity index (χ0) is 15.4. The number of anilines is 1. The zero-order valence-electron chi connectivity index (χ0n) is 12.5. The Labute approximate surface area is 128 Å². The van der Waals surface area contributed by atoms with E-state index in [1.54, 1.807) is 6.92 Å². The number of hydrogen-bond acceptors (Lipinski definition) is 3. The molecule has 0 atom stereocenters. The highest BCUT2D eigenvalue weighted by Gasteiger charge is 1.98. The molecular weight excluding hydrogens is 274 g/mol. The van der Waals surface area contributed by atoms with Gasteiger partial charge in [0.1, 0.15) is 0 Å². The van der Waals surface area contributed by atoms with Crippen LogP contribution in [-0.4, -0.2) is 10.8 Å². The number of aromatic nitrogens is 1. The second-order valence-corrected chi connectivity index (χ2v) is 5.03. The topological polar surface area (TPSA) is 64.9 Å². The van der Waals surface area contributed by atoms with Gasteiger partial charge in [-0.3, -0.25) is 5.43 Å². The average molecular weight is 291 g/mol. The smallest absolute Gasteiger partial charge is 0.168 e. The Morgan fingerprint density at radius 2 is 1.82 bits per heavy atom. The molecule has 0 bridgehead atoms. The molecule has 3 rings (SSSR count). The maximum absolute atomic E-state index is 4.22. The largest absolute Gasteiger partial charge is 0.338 e. The molecule has 110 valence electrons. The van der Waals surface area contributed by atoms with E-state index in [1.807, 2.05) is 61.5 Å². The van der Waals surface area contributed by atoms with Gasteiger partial charge in [0.05, 0.1) is 5.69 Å². The number of rotatable bonds is 3. The molecule has 0 saturated heterocycles. The maximum atomic E-state index is 4.22. The number of hydrazone groups is 1. The fourth-order valence-corrected chi connectivity index (χ4v) is 2.10. The summed E-state index contributed by atoms with van der Waals surface area (Å²) < 4.78 is 0. The molecule has 5 nitrogen and oxygen atoms in total. The summed E-state index contributed by atoms with van der Waals surface area (Å²) in [4.78, 5) is 3.20. The molecule has 0 fully saturated rings. The van der Waals surface area contributed by atoms with Crippen LogP contribution in [0, 0.1) is 6.92 Å². The van der Waals surface area contributed by atoms with Gasteiger partial charge in [0, 0.05) is 10.9 Å². The van der Waals surface area contributed by atoms with Crippen LogP contribution in [0.5, 0.6) is 0 Å². The lowest BCUT2D eigenvalue weighted by Gasteiger charge is -2.03. The molecule has 0 saturated carbocycles. The van der Waals surface area contributed by atoms with E-state index < -0.39 is 0 Å². The molecule has 22 heavy (non-hydrogen) atoms. The van der Waals surface area contributed by atoms with Crippen molar-refractivity contribution in [2.75, 3.05) is 5.43 Å². The number of para-hydroxylation sites is 2. The van der Waals surface area contributed by atoms with Crippen molar-refractivity contribution < 1.29 is 0 Å². The van der Waals surface area contributed by atoms with Crippen molar-refractivity contribution in [2.45, 2.75) is 13.8 Å². The van der Waals surface area contributed by atoms with Crippen molar-refractivity contribution in [1.82, 2.24) is 4.98 Å². The van der Waals surface area contributed by atoms with Gasteiger partial charge in [0.25, 0.3) is 0 Å². The molecule has 0 radical (unpaired) electrons. The van der Waals surface area contributed by atoms with Gasteiger partial charge in [-0.05, 0) is 37.6 Å². The summed E-state index contributed by atoms with van der Waals surface area (Å²) in [7, 11) is 0. The van der Waals surface area contributed by atoms with E-state index in [-0.39, 0.29) is 0 Å². The Bertz CT molecular complexity index is 812. The first-order valence-electron chi connectivity index (χ1n) is 7.08. The fraction of sp³-hybridized carbons (Fsp3) is 0.118. The van der Waals surface area contributed by atoms with Crippen molar-refractivity contribution in [2.24, 2.45) is 15.3 Å². The molecule has 0 aliphatic heterocycles. The van der Waals surface area contributed by atoms with Gasteiger partial charge in [0.2, 0.25) is 0 Å². The minimum Gasteiger partial charge on any atom is -0.338 e. The number of aryl methyl sites for hydroxylation is 1. The number of aromatic amines is 1. The predicted molar refractivity (Wildman–Crippen MR) is 90.7 cm³/mol. The van der Waals surface area contributed by atoms with Gasteiger partial charge in [0.15, 0.2) is 11.7 Å². The predicted octanol–water partition coefficient (Wildman–Crippen LogP) is 5.01. The van der Waals surface area contributed by atoms with Gasteiger partial charge >= 0.3 is 0 Å². The van der Waals surface area contributed by atoms with Crippen molar-refractivity contribution in [1.29, 1.82) is 0 Å². The molecule has 2 aromatic carbocycles. The minimum atomic E-state index is 0.557. The third kappa shape index (κ3) is 3.20. The van der Waals surface area contributed by atoms with Crippen molar-refractivity contribution >= 4 is 28.2 Å². The van der Waals surface area contributed by atoms with Crippen LogP contribution in [0.2, 0.25) is 0 Å². The van der Waals surface area contributed by atoms with Gasteiger partial charge in [-0.1, -0.05) is 36.4 Å². The van der Waals surface area contributed by atoms with E-state index in [4.69, 9.17) is 0 Å². The van der Waals surface area contributed by atoms with Crippen LogP contribution in [0.3, 0.4) is 0 Å². The van der Waals surface area contributed by atoms with Crippen LogP contribution in [0.1, 0.15) is 12.5 Å². The molecular formula is C17H17N5. The monoisotopic (exact) mass is 291 g/mol. The summed E-state index contributed by atoms with van der Waals surface area (Å²) in [5.41, 5.74) is 6.14. The Balaban J connectivity index is 1.71. The second-order valence-electron chi connectivity index (χ2n) is 5.03. The molecule has 5 heteroatoms. The number of hydrogen-bond donors (Lipinski definition) is 2. The number of nitrogens with one attached hydrogen (secondary N) is 2. The number of benzene rings is 2. The first kappa shape index (κ1) is 14.0. The number of azo groups is 1. The first-order chi connectivity index (χ1) is 10.7. The lowest BCUT2D eigenvalue weighted by Crippen LogP contribution is -1.95. The van der Waals surface area contributed by atoms with Crippen LogP contribution >= 0.6 is 0 Å². The van der Waals surface area contributed by atoms with Crippen molar-refractivity contribution in [3.8, 4) is 0 Å². The summed E-state index contributed by atoms with van der Waals surface area (Å²) in [5.74, 6) is 1.27. The van der Waals surface area contributed by atoms with Crippen LogP contribution in [0.4, 0.5) is 11.5 Å². The number of fused-ring (bicyclic) bond motifs is 1. The molecule has 2 N–H and O–H groups in total. The third-order valence-electron chi connectivity index (χ3n) is 3.30. The van der Waals surface area contributed by atoms with Gasteiger partial charge in [-0.15, -0.1) is 10.2 Å². The van der Waals surface area contributed by atoms with E-state index in [2.05, 4.69) is 25.7 Å². The Hall–Kier alpha value is -2.95. The highest BCUT2D eigenvalue weighted by molar-refractivity contribution is 5.84. The van der Waals surface area contributed by atoms with E-state index in [0.717, 1.165) is 22.2 Å². The first-order valence-corrected chi connectivity index (χ1v) is 7.08. The summed E-state index contributed by atoms with van der Waals surface area (Å²) in [6.45, 7) is 3.83. The van der Waals surface area contributed by atoms with E-state index >= 15 is 0 Å². The van der Waals surface area contributed by atoms with Crippen LogP contribution < -0.4 is 5.43 Å². The highest BCUT2D eigenvalue weighted by atomic mass is 15.3. The molecule has 0 amide bonds. The zero-order valence-corrected chi connectivity index (χ0v) is 12.5. The normalized spacial score (nSPS) is 12.2. The van der Waals surface area contributed by atoms with Gasteiger partial charge < -0.3 is 4.98 Å². The average Bonchev–Trinajstić information content (AvgIpc) is 2.95. The Morgan fingerprint density at radius 3 is 2.64 bits per heavy atom. The van der Waals surface area contributed by atoms with Crippen molar-refractivity contribution in [3.05, 3.63) is 60.2 Å². The summed E-state index contributed by atoms with van der Waals surface area (Å²) in [5, 5.41) is 13.6. The number of H-pyrrole nitrogens is 1. The minimum absolute atomic E-state index is 0.557. The van der Waals surface area contributed by atoms with E-state index in [1.165, 1.54) is 0 Å². The molecule has 0 spiro atoms. The van der Waals surface area contributed by atoms with E-state index in [9.17, 15) is 0 Å². The van der Waals surface area contributed by atoms with Crippen LogP contribution in [0.25, 0.3) is 10.9 Å². The standard InChI is InChI=1S/C17H17N5/c1-12-7-3-5-9-15(12)21-19-13(2)20-22-17-11-14-8-4-6-10-16(14)18-17/h3-11,18,21H,1-2H3. The molecule has 3 aromatic rings. The lowest BCUT2D eigenvalue weighted by atomic mass is 10.2. The molecule has 1 heterocycles. The fourth-order valence-electron chi connectivity index (χ4n) is 2.10. The Morgan fingerprint density at radius 1 is 1.05 bits per heavy atom. The van der Waals surface area contributed by atoms with E-state index in [0.29, 0.717) is 11.7 Å². The number of amidine groups is 1. The molecule has 0 unspecified atom stereocenters. The summed E-state index contributed by atoms with van der Waals surface area (Å²) in [6, 6.07) is 17.9. The maximum Gasteiger partial charge on any atom is 0.168 e. The van der Waals surface area contributed by atoms with Crippen molar-refractivity contribution in [3.63, 3.8) is 0 Å². The molecule has 0 aliphatic rings. The highest BCUT2D eigenvalue weighted by Crippen LogP contribution is 2.20. The number of nitrogens with zero attached hydrogens (tertiary/aromatic N) is 3. The summed E-state index contributed by atoms with van der Waals surface area (Å²) >= 11 is 0.